The Balaban J connectivity index is 2.75. The number of carboxylic acids is 1. The first-order chi connectivity index (χ1) is 10.7. The van der Waals surface area contributed by atoms with E-state index in [1.807, 2.05) is 51.1 Å². The van der Waals surface area contributed by atoms with Crippen molar-refractivity contribution in [3.8, 4) is 0 Å². The molecule has 0 saturated heterocycles. The number of benzene rings is 1. The zero-order valence-electron chi connectivity index (χ0n) is 13.6. The number of nitrogens with zero attached hydrogens (tertiary/aromatic N) is 1. The number of hydrazone groups is 1. The van der Waals surface area contributed by atoms with E-state index >= 15 is 0 Å². The fourth-order valence-electron chi connectivity index (χ4n) is 1.88. The van der Waals surface area contributed by atoms with Gasteiger partial charge >= 0.3 is 11.9 Å². The SMILES string of the molecule is CC(C)(C)OC(=O)[C@@H](CCN/N=C(/N)C(=O)O)c1ccccc1. The van der Waals surface area contributed by atoms with Gasteiger partial charge in [-0.1, -0.05) is 30.3 Å². The Hall–Kier alpha value is -2.57. The van der Waals surface area contributed by atoms with E-state index in [1.54, 1.807) is 0 Å². The van der Waals surface area contributed by atoms with E-state index in [0.717, 1.165) is 5.56 Å². The highest BCUT2D eigenvalue weighted by atomic mass is 16.6. The third-order valence-electron chi connectivity index (χ3n) is 2.86. The second kappa shape index (κ2) is 8.17. The summed E-state index contributed by atoms with van der Waals surface area (Å²) in [6.07, 6.45) is 0.398. The Morgan fingerprint density at radius 1 is 1.30 bits per heavy atom. The number of rotatable bonds is 6. The van der Waals surface area contributed by atoms with Crippen LogP contribution in [0.15, 0.2) is 35.4 Å². The minimum absolute atomic E-state index is 0.285. The Morgan fingerprint density at radius 2 is 1.91 bits per heavy atom. The molecule has 126 valence electrons. The molecule has 0 spiro atoms. The van der Waals surface area contributed by atoms with Gasteiger partial charge in [-0.15, -0.1) is 0 Å². The summed E-state index contributed by atoms with van der Waals surface area (Å²) in [7, 11) is 0. The number of carbonyl (C=O) groups excluding carboxylic acids is 1. The maximum Gasteiger partial charge on any atom is 0.373 e. The monoisotopic (exact) mass is 321 g/mol. The van der Waals surface area contributed by atoms with E-state index in [4.69, 9.17) is 15.6 Å². The summed E-state index contributed by atoms with van der Waals surface area (Å²) in [4.78, 5) is 22.9. The van der Waals surface area contributed by atoms with Gasteiger partial charge in [0.15, 0.2) is 0 Å². The van der Waals surface area contributed by atoms with Crippen molar-refractivity contribution in [2.24, 2.45) is 10.8 Å². The Kier molecular flexibility index (Phi) is 6.56. The molecule has 0 heterocycles. The molecule has 0 fully saturated rings. The van der Waals surface area contributed by atoms with Crippen molar-refractivity contribution in [2.45, 2.75) is 38.7 Å². The van der Waals surface area contributed by atoms with Crippen LogP contribution in [0.2, 0.25) is 0 Å². The van der Waals surface area contributed by atoms with Gasteiger partial charge in [-0.3, -0.25) is 4.79 Å². The van der Waals surface area contributed by atoms with Crippen molar-refractivity contribution in [1.82, 2.24) is 5.43 Å². The van der Waals surface area contributed by atoms with E-state index in [-0.39, 0.29) is 12.5 Å². The van der Waals surface area contributed by atoms with Gasteiger partial charge in [0, 0.05) is 6.54 Å². The van der Waals surface area contributed by atoms with Crippen molar-refractivity contribution in [3.05, 3.63) is 35.9 Å². The first kappa shape index (κ1) is 18.5. The van der Waals surface area contributed by atoms with Crippen LogP contribution in [0.1, 0.15) is 38.7 Å². The van der Waals surface area contributed by atoms with Gasteiger partial charge in [0.2, 0.25) is 5.84 Å². The fraction of sp³-hybridized carbons (Fsp3) is 0.438. The van der Waals surface area contributed by atoms with Crippen molar-refractivity contribution >= 4 is 17.8 Å². The number of esters is 1. The molecule has 23 heavy (non-hydrogen) atoms. The summed E-state index contributed by atoms with van der Waals surface area (Å²) in [5, 5.41) is 12.1. The van der Waals surface area contributed by atoms with Gasteiger partial charge in [-0.25, -0.2) is 4.79 Å². The zero-order valence-corrected chi connectivity index (χ0v) is 13.6. The van der Waals surface area contributed by atoms with Crippen molar-refractivity contribution in [2.75, 3.05) is 6.54 Å². The number of carboxylic acid groups (broad SMARTS) is 1. The molecule has 0 aliphatic carbocycles. The molecule has 0 aliphatic heterocycles. The maximum absolute atomic E-state index is 12.4. The third-order valence-corrected chi connectivity index (χ3v) is 2.86. The number of nitrogens with two attached hydrogens (primary N) is 1. The lowest BCUT2D eigenvalue weighted by Gasteiger charge is -2.24. The molecule has 0 saturated carbocycles. The number of amidine groups is 1. The highest BCUT2D eigenvalue weighted by Crippen LogP contribution is 2.23. The predicted octanol–water partition coefficient (Wildman–Crippen LogP) is 1.45. The summed E-state index contributed by atoms with van der Waals surface area (Å²) in [5.74, 6) is -2.63. The number of nitrogens with one attached hydrogen (secondary N) is 1. The first-order valence-corrected chi connectivity index (χ1v) is 7.28. The van der Waals surface area contributed by atoms with Crippen LogP contribution in [0.4, 0.5) is 0 Å². The molecule has 1 atom stereocenters. The van der Waals surface area contributed by atoms with Crippen molar-refractivity contribution < 1.29 is 19.4 Å². The van der Waals surface area contributed by atoms with Gasteiger partial charge in [0.25, 0.3) is 0 Å². The largest absolute Gasteiger partial charge is 0.475 e. The minimum atomic E-state index is -1.30. The lowest BCUT2D eigenvalue weighted by atomic mass is 9.95. The molecule has 1 rings (SSSR count). The average Bonchev–Trinajstić information content (AvgIpc) is 2.45. The van der Waals surface area contributed by atoms with Gasteiger partial charge < -0.3 is 21.0 Å². The second-order valence-corrected chi connectivity index (χ2v) is 6.00. The standard InChI is InChI=1S/C16H23N3O4/c1-16(2,3)23-15(22)12(11-7-5-4-6-8-11)9-10-18-19-13(17)14(20)21/h4-8,12,18H,9-10H2,1-3H3,(H2,17,19)(H,20,21)/t12-/m0/s1. The third kappa shape index (κ3) is 6.82. The topological polar surface area (TPSA) is 114 Å². The second-order valence-electron chi connectivity index (χ2n) is 6.00. The number of ether oxygens (including phenoxy) is 1. The van der Waals surface area contributed by atoms with Crippen LogP contribution in [-0.2, 0) is 14.3 Å². The van der Waals surface area contributed by atoms with Crippen LogP contribution < -0.4 is 11.2 Å². The van der Waals surface area contributed by atoms with Crippen molar-refractivity contribution in [3.63, 3.8) is 0 Å². The van der Waals surface area contributed by atoms with Gasteiger partial charge in [0.05, 0.1) is 5.92 Å². The molecule has 1 aromatic rings. The molecule has 0 bridgehead atoms. The van der Waals surface area contributed by atoms with Crippen LogP contribution >= 0.6 is 0 Å². The Bertz CT molecular complexity index is 564. The molecule has 7 heteroatoms. The highest BCUT2D eigenvalue weighted by molar-refractivity contribution is 6.33. The lowest BCUT2D eigenvalue weighted by Crippen LogP contribution is -2.30. The van der Waals surface area contributed by atoms with Crippen LogP contribution in [0, 0.1) is 0 Å². The predicted molar refractivity (Wildman–Crippen MR) is 86.9 cm³/mol. The van der Waals surface area contributed by atoms with E-state index in [2.05, 4.69) is 10.5 Å². The Labute approximate surface area is 135 Å². The summed E-state index contributed by atoms with van der Waals surface area (Å²) < 4.78 is 5.45. The van der Waals surface area contributed by atoms with Crippen LogP contribution in [0.5, 0.6) is 0 Å². The lowest BCUT2D eigenvalue weighted by molar-refractivity contribution is -0.157. The molecule has 0 aromatic heterocycles. The van der Waals surface area contributed by atoms with Crippen LogP contribution in [-0.4, -0.2) is 35.0 Å². The molecule has 1 aromatic carbocycles. The summed E-state index contributed by atoms with van der Waals surface area (Å²) in [6, 6.07) is 9.26. The van der Waals surface area contributed by atoms with Gasteiger partial charge in [0.1, 0.15) is 5.60 Å². The summed E-state index contributed by atoms with van der Waals surface area (Å²) >= 11 is 0. The number of aliphatic carboxylic acids is 1. The molecular formula is C16H23N3O4. The molecule has 0 radical (unpaired) electrons. The van der Waals surface area contributed by atoms with Gasteiger partial charge in [-0.2, -0.15) is 5.10 Å². The molecular weight excluding hydrogens is 298 g/mol. The molecule has 0 amide bonds. The number of hydrogen-bond donors (Lipinski definition) is 3. The molecule has 0 aliphatic rings. The van der Waals surface area contributed by atoms with E-state index in [1.165, 1.54) is 0 Å². The summed E-state index contributed by atoms with van der Waals surface area (Å²) in [6.45, 7) is 5.71. The van der Waals surface area contributed by atoms with Crippen molar-refractivity contribution in [1.29, 1.82) is 0 Å². The average molecular weight is 321 g/mol. The zero-order chi connectivity index (χ0) is 17.5. The highest BCUT2D eigenvalue weighted by Gasteiger charge is 2.26. The van der Waals surface area contributed by atoms with Crippen LogP contribution in [0.3, 0.4) is 0 Å². The maximum atomic E-state index is 12.4. The fourth-order valence-corrected chi connectivity index (χ4v) is 1.88. The molecule has 4 N–H and O–H groups in total. The van der Waals surface area contributed by atoms with Gasteiger partial charge in [-0.05, 0) is 32.8 Å². The minimum Gasteiger partial charge on any atom is -0.475 e. The normalized spacial score (nSPS) is 13.3. The molecule has 0 unspecified atom stereocenters. The quantitative estimate of drug-likeness (QED) is 0.240. The molecule has 7 nitrogen and oxygen atoms in total. The number of carbonyl (C=O) groups is 2. The van der Waals surface area contributed by atoms with E-state index in [9.17, 15) is 9.59 Å². The first-order valence-electron chi connectivity index (χ1n) is 7.28. The van der Waals surface area contributed by atoms with E-state index < -0.39 is 23.3 Å². The number of hydrogen-bond acceptors (Lipinski definition) is 5. The smallest absolute Gasteiger partial charge is 0.373 e. The Morgan fingerprint density at radius 3 is 2.43 bits per heavy atom. The van der Waals surface area contributed by atoms with Crippen LogP contribution in [0.25, 0.3) is 0 Å². The van der Waals surface area contributed by atoms with E-state index in [0.29, 0.717) is 6.42 Å². The summed E-state index contributed by atoms with van der Waals surface area (Å²) in [5.41, 5.74) is 7.99.